The Kier molecular flexibility index (Phi) is 6.22. The molecule has 7 heteroatoms. The summed E-state index contributed by atoms with van der Waals surface area (Å²) in [6.45, 7) is 4.77. The average Bonchev–Trinajstić information content (AvgIpc) is 2.38. The van der Waals surface area contributed by atoms with Gasteiger partial charge in [0.15, 0.2) is 0 Å². The molecule has 0 bridgehead atoms. The zero-order valence-corrected chi connectivity index (χ0v) is 12.6. The van der Waals surface area contributed by atoms with E-state index in [9.17, 15) is 13.2 Å². The molecule has 0 aromatic rings. The van der Waals surface area contributed by atoms with E-state index < -0.39 is 16.1 Å². The largest absolute Gasteiger partial charge is 0.341 e. The van der Waals surface area contributed by atoms with E-state index >= 15 is 0 Å². The van der Waals surface area contributed by atoms with E-state index in [1.54, 1.807) is 11.8 Å². The Hall–Kier alpha value is -0.660. The number of hydrogen-bond acceptors (Lipinski definition) is 4. The van der Waals surface area contributed by atoms with E-state index in [2.05, 4.69) is 4.72 Å². The van der Waals surface area contributed by atoms with Crippen molar-refractivity contribution in [2.75, 3.05) is 18.8 Å². The van der Waals surface area contributed by atoms with Gasteiger partial charge in [0.2, 0.25) is 15.9 Å². The summed E-state index contributed by atoms with van der Waals surface area (Å²) in [6, 6.07) is -0.481. The molecule has 1 atom stereocenters. The van der Waals surface area contributed by atoms with E-state index in [0.717, 1.165) is 6.42 Å². The molecule has 0 radical (unpaired) electrons. The first-order valence-corrected chi connectivity index (χ1v) is 8.59. The van der Waals surface area contributed by atoms with Gasteiger partial charge in [0, 0.05) is 19.1 Å². The summed E-state index contributed by atoms with van der Waals surface area (Å²) in [5.74, 6) is 0.0757. The van der Waals surface area contributed by atoms with Gasteiger partial charge in [-0.1, -0.05) is 13.3 Å². The first-order valence-electron chi connectivity index (χ1n) is 6.94. The molecule has 112 valence electrons. The van der Waals surface area contributed by atoms with Gasteiger partial charge < -0.3 is 10.6 Å². The van der Waals surface area contributed by atoms with Crippen molar-refractivity contribution in [1.82, 2.24) is 9.62 Å². The molecule has 1 rings (SSSR count). The molecule has 6 nitrogen and oxygen atoms in total. The van der Waals surface area contributed by atoms with E-state index in [1.807, 2.05) is 6.92 Å². The number of carbonyl (C=O) groups excluding carboxylic acids is 1. The van der Waals surface area contributed by atoms with Crippen LogP contribution in [0.3, 0.4) is 0 Å². The van der Waals surface area contributed by atoms with Gasteiger partial charge in [0.05, 0.1) is 11.8 Å². The molecule has 0 spiro atoms. The molecular formula is C12H25N3O3S. The molecule has 0 aromatic heterocycles. The zero-order chi connectivity index (χ0) is 14.5. The molecule has 1 heterocycles. The van der Waals surface area contributed by atoms with Gasteiger partial charge in [-0.15, -0.1) is 0 Å². The molecule has 1 amide bonds. The minimum absolute atomic E-state index is 0.0151. The number of likely N-dealkylation sites (tertiary alicyclic amines) is 1. The molecule has 19 heavy (non-hydrogen) atoms. The fourth-order valence-corrected chi connectivity index (χ4v) is 3.13. The maximum Gasteiger partial charge on any atom is 0.239 e. The minimum Gasteiger partial charge on any atom is -0.341 e. The standard InChI is InChI=1S/C12H25N3O3S/c1-3-5-11(13)12(16)15-8-6-10(7-9-15)14-19(17,18)4-2/h10-11,14H,3-9,13H2,1-2H3/t11-/m0/s1. The van der Waals surface area contributed by atoms with Gasteiger partial charge in [-0.2, -0.15) is 0 Å². The van der Waals surface area contributed by atoms with Crippen molar-refractivity contribution in [3.05, 3.63) is 0 Å². The molecule has 0 aliphatic carbocycles. The number of nitrogens with one attached hydrogen (secondary N) is 1. The van der Waals surface area contributed by atoms with Gasteiger partial charge >= 0.3 is 0 Å². The van der Waals surface area contributed by atoms with Crippen LogP contribution in [0.4, 0.5) is 0 Å². The van der Waals surface area contributed by atoms with Gasteiger partial charge in [-0.25, -0.2) is 13.1 Å². The van der Waals surface area contributed by atoms with Gasteiger partial charge in [0.1, 0.15) is 0 Å². The number of piperidine rings is 1. The van der Waals surface area contributed by atoms with Crippen molar-refractivity contribution in [3.8, 4) is 0 Å². The van der Waals surface area contributed by atoms with Crippen molar-refractivity contribution in [2.24, 2.45) is 5.73 Å². The SMILES string of the molecule is CCC[C@H](N)C(=O)N1CCC(NS(=O)(=O)CC)CC1. The molecule has 3 N–H and O–H groups in total. The third kappa shape index (κ3) is 5.08. The maximum absolute atomic E-state index is 12.0. The van der Waals surface area contributed by atoms with Crippen molar-refractivity contribution in [1.29, 1.82) is 0 Å². The predicted molar refractivity (Wildman–Crippen MR) is 75.1 cm³/mol. The van der Waals surface area contributed by atoms with Crippen molar-refractivity contribution >= 4 is 15.9 Å². The minimum atomic E-state index is -3.16. The van der Waals surface area contributed by atoms with Crippen LogP contribution in [0.1, 0.15) is 39.5 Å². The highest BCUT2D eigenvalue weighted by molar-refractivity contribution is 7.89. The lowest BCUT2D eigenvalue weighted by atomic mass is 10.0. The van der Waals surface area contributed by atoms with E-state index in [-0.39, 0.29) is 17.7 Å². The number of rotatable bonds is 6. The molecule has 1 aliphatic rings. The summed E-state index contributed by atoms with van der Waals surface area (Å²) < 4.78 is 25.6. The lowest BCUT2D eigenvalue weighted by Crippen LogP contribution is -2.51. The van der Waals surface area contributed by atoms with Crippen LogP contribution in [0.2, 0.25) is 0 Å². The fourth-order valence-electron chi connectivity index (χ4n) is 2.22. The Labute approximate surface area is 115 Å². The van der Waals surface area contributed by atoms with Crippen molar-refractivity contribution < 1.29 is 13.2 Å². The van der Waals surface area contributed by atoms with E-state index in [0.29, 0.717) is 32.4 Å². The lowest BCUT2D eigenvalue weighted by Gasteiger charge is -2.33. The number of amides is 1. The smallest absolute Gasteiger partial charge is 0.239 e. The Balaban J connectivity index is 2.43. The lowest BCUT2D eigenvalue weighted by molar-refractivity contribution is -0.133. The summed E-state index contributed by atoms with van der Waals surface area (Å²) >= 11 is 0. The first-order chi connectivity index (χ1) is 8.89. The molecule has 0 unspecified atom stereocenters. The predicted octanol–water partition coefficient (Wildman–Crippen LogP) is 0.0441. The van der Waals surface area contributed by atoms with Crippen molar-refractivity contribution in [3.63, 3.8) is 0 Å². The average molecular weight is 291 g/mol. The van der Waals surface area contributed by atoms with Gasteiger partial charge in [0.25, 0.3) is 0 Å². The molecule has 0 aromatic carbocycles. The third-order valence-corrected chi connectivity index (χ3v) is 4.90. The van der Waals surface area contributed by atoms with Crippen LogP contribution in [0.25, 0.3) is 0 Å². The second kappa shape index (κ2) is 7.21. The molecule has 1 aliphatic heterocycles. The number of nitrogens with two attached hydrogens (primary N) is 1. The summed E-state index contributed by atoms with van der Waals surface area (Å²) in [5, 5.41) is 0. The van der Waals surface area contributed by atoms with Crippen LogP contribution in [0.5, 0.6) is 0 Å². The molecule has 1 saturated heterocycles. The summed E-state index contributed by atoms with van der Waals surface area (Å²) in [7, 11) is -3.16. The Morgan fingerprint density at radius 2 is 1.95 bits per heavy atom. The summed E-state index contributed by atoms with van der Waals surface area (Å²) in [4.78, 5) is 13.7. The maximum atomic E-state index is 12.0. The van der Waals surface area contributed by atoms with Crippen LogP contribution in [-0.2, 0) is 14.8 Å². The zero-order valence-electron chi connectivity index (χ0n) is 11.8. The van der Waals surface area contributed by atoms with E-state index in [1.165, 1.54) is 0 Å². The van der Waals surface area contributed by atoms with E-state index in [4.69, 9.17) is 5.73 Å². The highest BCUT2D eigenvalue weighted by Crippen LogP contribution is 2.13. The number of sulfonamides is 1. The second-order valence-corrected chi connectivity index (χ2v) is 7.06. The highest BCUT2D eigenvalue weighted by atomic mass is 32.2. The van der Waals surface area contributed by atoms with Crippen LogP contribution >= 0.6 is 0 Å². The van der Waals surface area contributed by atoms with Crippen LogP contribution in [-0.4, -0.2) is 50.2 Å². The molecular weight excluding hydrogens is 266 g/mol. The van der Waals surface area contributed by atoms with Crippen LogP contribution in [0.15, 0.2) is 0 Å². The normalized spacial score (nSPS) is 19.4. The Bertz CT molecular complexity index is 389. The molecule has 1 fully saturated rings. The quantitative estimate of drug-likeness (QED) is 0.723. The van der Waals surface area contributed by atoms with Crippen LogP contribution < -0.4 is 10.5 Å². The topological polar surface area (TPSA) is 92.5 Å². The van der Waals surface area contributed by atoms with Crippen molar-refractivity contribution in [2.45, 2.75) is 51.6 Å². The number of nitrogens with zero attached hydrogens (tertiary/aromatic N) is 1. The Morgan fingerprint density at radius 1 is 1.37 bits per heavy atom. The fraction of sp³-hybridized carbons (Fsp3) is 0.917. The first kappa shape index (κ1) is 16.4. The summed E-state index contributed by atoms with van der Waals surface area (Å²) in [6.07, 6.45) is 2.90. The van der Waals surface area contributed by atoms with Gasteiger partial charge in [-0.05, 0) is 26.2 Å². The third-order valence-electron chi connectivity index (χ3n) is 3.45. The highest BCUT2D eigenvalue weighted by Gasteiger charge is 2.27. The second-order valence-electron chi connectivity index (χ2n) is 5.02. The number of hydrogen-bond donors (Lipinski definition) is 2. The number of carbonyl (C=O) groups is 1. The summed E-state index contributed by atoms with van der Waals surface area (Å²) in [5.41, 5.74) is 5.81. The monoisotopic (exact) mass is 291 g/mol. The Morgan fingerprint density at radius 3 is 2.42 bits per heavy atom. The van der Waals surface area contributed by atoms with Crippen LogP contribution in [0, 0.1) is 0 Å². The molecule has 0 saturated carbocycles. The van der Waals surface area contributed by atoms with Gasteiger partial charge in [-0.3, -0.25) is 4.79 Å².